The van der Waals surface area contributed by atoms with Gasteiger partial charge in [0.05, 0.1) is 11.7 Å². The van der Waals surface area contributed by atoms with Crippen LogP contribution in [-0.4, -0.2) is 21.5 Å². The molecule has 0 unspecified atom stereocenters. The predicted molar refractivity (Wildman–Crippen MR) is 84.0 cm³/mol. The van der Waals surface area contributed by atoms with Gasteiger partial charge >= 0.3 is 0 Å². The Hall–Kier alpha value is -2.49. The summed E-state index contributed by atoms with van der Waals surface area (Å²) in [6, 6.07) is 6.44. The van der Waals surface area contributed by atoms with E-state index in [1.807, 2.05) is 6.07 Å². The van der Waals surface area contributed by atoms with Crippen LogP contribution in [0.2, 0.25) is 0 Å². The molecule has 4 nitrogen and oxygen atoms in total. The van der Waals surface area contributed by atoms with Crippen molar-refractivity contribution < 1.29 is 0 Å². The van der Waals surface area contributed by atoms with Crippen molar-refractivity contribution in [3.63, 3.8) is 0 Å². The molecule has 0 aliphatic carbocycles. The predicted octanol–water partition coefficient (Wildman–Crippen LogP) is 3.34. The molecule has 104 valence electrons. The van der Waals surface area contributed by atoms with Gasteiger partial charge in [-0.05, 0) is 43.0 Å². The van der Waals surface area contributed by atoms with E-state index in [4.69, 9.17) is 0 Å². The number of hydrogen-bond donors (Lipinski definition) is 0. The lowest BCUT2D eigenvalue weighted by molar-refractivity contribution is 0.972. The van der Waals surface area contributed by atoms with Gasteiger partial charge in [0.15, 0.2) is 0 Å². The van der Waals surface area contributed by atoms with Crippen molar-refractivity contribution in [3.8, 4) is 0 Å². The minimum atomic E-state index is 0.890. The molecule has 0 atom stereocenters. The molecule has 4 rings (SSSR count). The molecule has 2 aromatic heterocycles. The van der Waals surface area contributed by atoms with Gasteiger partial charge < -0.3 is 4.90 Å². The van der Waals surface area contributed by atoms with Gasteiger partial charge in [-0.2, -0.15) is 0 Å². The first-order chi connectivity index (χ1) is 10.3. The van der Waals surface area contributed by atoms with E-state index in [-0.39, 0.29) is 0 Å². The second-order valence-electron chi connectivity index (χ2n) is 5.51. The van der Waals surface area contributed by atoms with Crippen LogP contribution in [-0.2, 0) is 6.42 Å². The van der Waals surface area contributed by atoms with Gasteiger partial charge in [0.2, 0.25) is 0 Å². The van der Waals surface area contributed by atoms with Gasteiger partial charge in [0, 0.05) is 23.8 Å². The van der Waals surface area contributed by atoms with Crippen LogP contribution in [0.1, 0.15) is 16.7 Å². The summed E-state index contributed by atoms with van der Waals surface area (Å²) < 4.78 is 0. The molecule has 0 radical (unpaired) electrons. The van der Waals surface area contributed by atoms with Crippen LogP contribution < -0.4 is 4.90 Å². The summed E-state index contributed by atoms with van der Waals surface area (Å²) in [6.45, 7) is 5.32. The second kappa shape index (κ2) is 4.52. The fraction of sp³-hybridized carbons (Fsp3) is 0.235. The van der Waals surface area contributed by atoms with E-state index in [2.05, 4.69) is 45.8 Å². The molecule has 1 aliphatic rings. The number of fused-ring (bicyclic) bond motifs is 2. The van der Waals surface area contributed by atoms with Crippen LogP contribution in [0.5, 0.6) is 0 Å². The van der Waals surface area contributed by atoms with E-state index < -0.39 is 0 Å². The Bertz CT molecular complexity index is 836. The number of hydrogen-bond acceptors (Lipinski definition) is 4. The quantitative estimate of drug-likeness (QED) is 0.683. The summed E-state index contributed by atoms with van der Waals surface area (Å²) in [5, 5.41) is 1.06. The number of pyridine rings is 1. The molecule has 3 heterocycles. The Morgan fingerprint density at radius 2 is 2.00 bits per heavy atom. The summed E-state index contributed by atoms with van der Waals surface area (Å²) >= 11 is 0. The molecule has 0 fully saturated rings. The maximum atomic E-state index is 4.55. The van der Waals surface area contributed by atoms with Crippen molar-refractivity contribution in [2.24, 2.45) is 0 Å². The Labute approximate surface area is 123 Å². The molecular weight excluding hydrogens is 260 g/mol. The highest BCUT2D eigenvalue weighted by atomic mass is 15.2. The van der Waals surface area contributed by atoms with Gasteiger partial charge in [-0.1, -0.05) is 12.1 Å². The Morgan fingerprint density at radius 3 is 2.90 bits per heavy atom. The number of benzene rings is 1. The Morgan fingerprint density at radius 1 is 1.10 bits per heavy atom. The molecule has 4 heteroatoms. The molecule has 0 spiro atoms. The fourth-order valence-electron chi connectivity index (χ4n) is 3.10. The van der Waals surface area contributed by atoms with Gasteiger partial charge in [0.25, 0.3) is 0 Å². The summed E-state index contributed by atoms with van der Waals surface area (Å²) in [5.41, 5.74) is 6.26. The zero-order chi connectivity index (χ0) is 14.4. The lowest BCUT2D eigenvalue weighted by Gasteiger charge is -2.22. The molecule has 0 N–H and O–H groups in total. The zero-order valence-corrected chi connectivity index (χ0v) is 12.2. The van der Waals surface area contributed by atoms with Crippen LogP contribution >= 0.6 is 0 Å². The average molecular weight is 276 g/mol. The highest BCUT2D eigenvalue weighted by Gasteiger charge is 2.25. The van der Waals surface area contributed by atoms with E-state index >= 15 is 0 Å². The minimum Gasteiger partial charge on any atom is -0.325 e. The first-order valence-corrected chi connectivity index (χ1v) is 7.17. The fourth-order valence-corrected chi connectivity index (χ4v) is 3.10. The van der Waals surface area contributed by atoms with E-state index in [9.17, 15) is 0 Å². The Balaban J connectivity index is 1.96. The summed E-state index contributed by atoms with van der Waals surface area (Å²) in [7, 11) is 0. The number of aryl methyl sites for hydroxylation is 1. The van der Waals surface area contributed by atoms with Crippen molar-refractivity contribution in [2.75, 3.05) is 11.4 Å². The Kier molecular flexibility index (Phi) is 2.64. The summed E-state index contributed by atoms with van der Waals surface area (Å²) in [6.07, 6.45) is 6.28. The number of nitrogens with zero attached hydrogens (tertiary/aromatic N) is 4. The van der Waals surface area contributed by atoms with Crippen LogP contribution in [0.4, 0.5) is 11.5 Å². The van der Waals surface area contributed by atoms with E-state index in [1.165, 1.54) is 22.4 Å². The molecule has 21 heavy (non-hydrogen) atoms. The van der Waals surface area contributed by atoms with Crippen LogP contribution in [0.3, 0.4) is 0 Å². The van der Waals surface area contributed by atoms with Crippen molar-refractivity contribution in [1.82, 2.24) is 15.0 Å². The molecule has 0 amide bonds. The standard InChI is InChI=1S/C17H16N4/c1-11-3-4-13-6-8-21(16(13)12(11)2)17-14-5-7-18-9-15(14)19-10-20-17/h3-5,7,9-10H,6,8H2,1-2H3. The van der Waals surface area contributed by atoms with Crippen molar-refractivity contribution in [2.45, 2.75) is 20.3 Å². The van der Waals surface area contributed by atoms with Gasteiger partial charge in [-0.15, -0.1) is 0 Å². The molecule has 0 saturated heterocycles. The average Bonchev–Trinajstić information content (AvgIpc) is 2.95. The molecule has 0 bridgehead atoms. The largest absolute Gasteiger partial charge is 0.325 e. The van der Waals surface area contributed by atoms with E-state index in [0.29, 0.717) is 0 Å². The van der Waals surface area contributed by atoms with E-state index in [0.717, 1.165) is 29.7 Å². The van der Waals surface area contributed by atoms with Crippen molar-refractivity contribution >= 4 is 22.4 Å². The summed E-state index contributed by atoms with van der Waals surface area (Å²) in [5.74, 6) is 0.981. The van der Waals surface area contributed by atoms with E-state index in [1.54, 1.807) is 18.7 Å². The SMILES string of the molecule is Cc1ccc2c(c1C)N(c1ncnc3cnccc13)CC2. The maximum absolute atomic E-state index is 4.55. The highest BCUT2D eigenvalue weighted by Crippen LogP contribution is 2.39. The van der Waals surface area contributed by atoms with Gasteiger partial charge in [-0.3, -0.25) is 4.98 Å². The first kappa shape index (κ1) is 12.3. The molecular formula is C17H16N4. The summed E-state index contributed by atoms with van der Waals surface area (Å²) in [4.78, 5) is 15.3. The third-order valence-electron chi connectivity index (χ3n) is 4.33. The molecule has 1 aliphatic heterocycles. The second-order valence-corrected chi connectivity index (χ2v) is 5.51. The lowest BCUT2D eigenvalue weighted by Crippen LogP contribution is -2.16. The number of anilines is 2. The first-order valence-electron chi connectivity index (χ1n) is 7.17. The molecule has 0 saturated carbocycles. The smallest absolute Gasteiger partial charge is 0.144 e. The molecule has 3 aromatic rings. The van der Waals surface area contributed by atoms with Crippen molar-refractivity contribution in [1.29, 1.82) is 0 Å². The third kappa shape index (κ3) is 1.79. The van der Waals surface area contributed by atoms with Gasteiger partial charge in [-0.25, -0.2) is 9.97 Å². The number of aromatic nitrogens is 3. The molecule has 1 aromatic carbocycles. The van der Waals surface area contributed by atoms with Crippen LogP contribution in [0.25, 0.3) is 10.9 Å². The zero-order valence-electron chi connectivity index (χ0n) is 12.2. The third-order valence-corrected chi connectivity index (χ3v) is 4.33. The lowest BCUT2D eigenvalue weighted by atomic mass is 10.0. The highest BCUT2D eigenvalue weighted by molar-refractivity contribution is 5.92. The monoisotopic (exact) mass is 276 g/mol. The van der Waals surface area contributed by atoms with Crippen molar-refractivity contribution in [3.05, 3.63) is 53.6 Å². The van der Waals surface area contributed by atoms with Gasteiger partial charge in [0.1, 0.15) is 12.1 Å². The van der Waals surface area contributed by atoms with Crippen LogP contribution in [0.15, 0.2) is 36.9 Å². The van der Waals surface area contributed by atoms with Crippen LogP contribution in [0, 0.1) is 13.8 Å². The normalized spacial score (nSPS) is 13.7. The topological polar surface area (TPSA) is 41.9 Å². The number of rotatable bonds is 1. The maximum Gasteiger partial charge on any atom is 0.144 e. The minimum absolute atomic E-state index is 0.890.